The lowest BCUT2D eigenvalue weighted by atomic mass is 10.1. The molecule has 0 radical (unpaired) electrons. The molecule has 31 heavy (non-hydrogen) atoms. The molecule has 1 aromatic carbocycles. The largest absolute Gasteiger partial charge is 0.383 e. The molecule has 160 valence electrons. The van der Waals surface area contributed by atoms with E-state index >= 15 is 0 Å². The van der Waals surface area contributed by atoms with Crippen LogP contribution in [0.5, 0.6) is 0 Å². The van der Waals surface area contributed by atoms with Gasteiger partial charge in [0.2, 0.25) is 0 Å². The van der Waals surface area contributed by atoms with Crippen molar-refractivity contribution in [3.8, 4) is 10.6 Å². The van der Waals surface area contributed by atoms with Gasteiger partial charge in [-0.25, -0.2) is 19.0 Å². The molecule has 3 heterocycles. The van der Waals surface area contributed by atoms with E-state index < -0.39 is 5.82 Å². The van der Waals surface area contributed by atoms with Crippen LogP contribution in [0.2, 0.25) is 5.02 Å². The van der Waals surface area contributed by atoms with Gasteiger partial charge in [-0.1, -0.05) is 17.7 Å². The molecule has 3 N–H and O–H groups in total. The molecule has 0 fully saturated rings. The fraction of sp³-hybridized carbons (Fsp3) is 0.238. The minimum Gasteiger partial charge on any atom is -0.383 e. The van der Waals surface area contributed by atoms with Crippen molar-refractivity contribution in [3.05, 3.63) is 57.9 Å². The maximum atomic E-state index is 13.9. The number of amides is 1. The van der Waals surface area contributed by atoms with Crippen molar-refractivity contribution in [2.75, 3.05) is 5.73 Å². The molecule has 0 saturated heterocycles. The minimum absolute atomic E-state index is 0.0139. The number of anilines is 1. The highest BCUT2D eigenvalue weighted by molar-refractivity contribution is 7.17. The number of aromatic nitrogens is 4. The van der Waals surface area contributed by atoms with Crippen molar-refractivity contribution < 1.29 is 9.18 Å². The highest BCUT2D eigenvalue weighted by Gasteiger charge is 2.25. The molecular weight excluding hydrogens is 439 g/mol. The third-order valence-electron chi connectivity index (χ3n) is 4.68. The molecule has 1 amide bonds. The number of nitrogens with two attached hydrogens (primary N) is 1. The van der Waals surface area contributed by atoms with E-state index in [1.165, 1.54) is 29.8 Å². The topological polar surface area (TPSA) is 98.7 Å². The maximum absolute atomic E-state index is 13.9. The van der Waals surface area contributed by atoms with Gasteiger partial charge in [-0.2, -0.15) is 5.10 Å². The first-order valence-corrected chi connectivity index (χ1v) is 10.7. The lowest BCUT2D eigenvalue weighted by Gasteiger charge is -2.19. The molecule has 0 saturated carbocycles. The molecule has 4 aromatic rings. The lowest BCUT2D eigenvalue weighted by molar-refractivity contribution is 0.0954. The van der Waals surface area contributed by atoms with E-state index in [2.05, 4.69) is 15.3 Å². The van der Waals surface area contributed by atoms with E-state index in [1.54, 1.807) is 22.9 Å². The summed E-state index contributed by atoms with van der Waals surface area (Å²) in [6, 6.07) is 7.90. The second kappa shape index (κ2) is 7.90. The summed E-state index contributed by atoms with van der Waals surface area (Å²) < 4.78 is 15.7. The molecule has 4 rings (SSSR count). The van der Waals surface area contributed by atoms with E-state index in [1.807, 2.05) is 20.8 Å². The van der Waals surface area contributed by atoms with Gasteiger partial charge in [0.15, 0.2) is 5.65 Å². The molecular formula is C21H20ClFN6OS. The predicted molar refractivity (Wildman–Crippen MR) is 121 cm³/mol. The quantitative estimate of drug-likeness (QED) is 0.465. The summed E-state index contributed by atoms with van der Waals surface area (Å²) in [4.78, 5) is 22.3. The zero-order valence-electron chi connectivity index (χ0n) is 17.1. The summed E-state index contributed by atoms with van der Waals surface area (Å²) >= 11 is 7.29. The third-order valence-corrected chi connectivity index (χ3v) is 6.12. The van der Waals surface area contributed by atoms with E-state index in [-0.39, 0.29) is 28.6 Å². The van der Waals surface area contributed by atoms with Gasteiger partial charge in [-0.15, -0.1) is 11.3 Å². The van der Waals surface area contributed by atoms with Gasteiger partial charge < -0.3 is 11.1 Å². The zero-order chi connectivity index (χ0) is 22.3. The Morgan fingerprint density at radius 3 is 2.74 bits per heavy atom. The number of carbonyl (C=O) groups excluding carboxylic acids is 1. The van der Waals surface area contributed by atoms with Crippen LogP contribution in [-0.4, -0.2) is 25.7 Å². The number of fused-ring (bicyclic) bond motifs is 1. The number of benzene rings is 1. The Morgan fingerprint density at radius 1 is 1.26 bits per heavy atom. The number of hydrogen-bond donors (Lipinski definition) is 2. The average molecular weight is 459 g/mol. The first-order valence-electron chi connectivity index (χ1n) is 9.48. The van der Waals surface area contributed by atoms with Crippen LogP contribution in [0.3, 0.4) is 0 Å². The molecule has 0 bridgehead atoms. The molecule has 3 aromatic heterocycles. The first-order chi connectivity index (χ1) is 14.7. The minimum atomic E-state index is -0.464. The summed E-state index contributed by atoms with van der Waals surface area (Å²) in [5.41, 5.74) is 7.29. The van der Waals surface area contributed by atoms with Crippen LogP contribution in [0.15, 0.2) is 36.7 Å². The Balaban J connectivity index is 1.65. The number of nitrogen functional groups attached to an aromatic ring is 1. The Labute approximate surface area is 187 Å². The van der Waals surface area contributed by atoms with E-state index in [0.717, 1.165) is 4.88 Å². The number of nitrogens with zero attached hydrogens (tertiary/aromatic N) is 4. The molecule has 0 atom stereocenters. The Morgan fingerprint density at radius 2 is 2.03 bits per heavy atom. The van der Waals surface area contributed by atoms with Crippen LogP contribution in [0, 0.1) is 5.82 Å². The van der Waals surface area contributed by atoms with Crippen molar-refractivity contribution >= 4 is 45.7 Å². The molecule has 0 spiro atoms. The van der Waals surface area contributed by atoms with Gasteiger partial charge >= 0.3 is 0 Å². The first kappa shape index (κ1) is 21.2. The maximum Gasteiger partial charge on any atom is 0.261 e. The van der Waals surface area contributed by atoms with Crippen molar-refractivity contribution in [1.29, 1.82) is 0 Å². The normalized spacial score (nSPS) is 11.8. The van der Waals surface area contributed by atoms with Gasteiger partial charge in [0.1, 0.15) is 23.7 Å². The smallest absolute Gasteiger partial charge is 0.261 e. The number of carbonyl (C=O) groups is 1. The predicted octanol–water partition coefficient (Wildman–Crippen LogP) is 4.61. The standard InChI is InChI=1S/C21H20ClFN6OS/c1-21(2,3)29-19-16(18(24)26-10-27-19)17(28-29)14-7-8-15(31-14)20(30)25-9-11-12(22)5-4-6-13(11)23/h4-8,10H,9H2,1-3H3,(H,25,30)(H2,24,26,27). The monoisotopic (exact) mass is 458 g/mol. The number of hydrogen-bond acceptors (Lipinski definition) is 6. The van der Waals surface area contributed by atoms with Crippen molar-refractivity contribution in [1.82, 2.24) is 25.1 Å². The third kappa shape index (κ3) is 3.98. The summed E-state index contributed by atoms with van der Waals surface area (Å²) in [6.07, 6.45) is 1.41. The molecule has 0 unspecified atom stereocenters. The summed E-state index contributed by atoms with van der Waals surface area (Å²) in [5, 5.41) is 8.35. The van der Waals surface area contributed by atoms with Crippen LogP contribution in [-0.2, 0) is 12.1 Å². The second-order valence-corrected chi connectivity index (χ2v) is 9.43. The van der Waals surface area contributed by atoms with E-state index in [0.29, 0.717) is 27.4 Å². The number of halogens is 2. The van der Waals surface area contributed by atoms with Gasteiger partial charge in [-0.3, -0.25) is 4.79 Å². The number of nitrogens with one attached hydrogen (secondary N) is 1. The number of rotatable bonds is 4. The Hall–Kier alpha value is -3.04. The van der Waals surface area contributed by atoms with Crippen molar-refractivity contribution in [3.63, 3.8) is 0 Å². The second-order valence-electron chi connectivity index (χ2n) is 7.94. The highest BCUT2D eigenvalue weighted by atomic mass is 35.5. The van der Waals surface area contributed by atoms with Crippen LogP contribution in [0.1, 0.15) is 36.0 Å². The van der Waals surface area contributed by atoms with Crippen molar-refractivity contribution in [2.45, 2.75) is 32.9 Å². The van der Waals surface area contributed by atoms with Crippen LogP contribution in [0.4, 0.5) is 10.2 Å². The lowest BCUT2D eigenvalue weighted by Crippen LogP contribution is -2.23. The molecule has 0 aliphatic carbocycles. The van der Waals surface area contributed by atoms with E-state index in [9.17, 15) is 9.18 Å². The van der Waals surface area contributed by atoms with E-state index in [4.69, 9.17) is 22.4 Å². The van der Waals surface area contributed by atoms with Gasteiger partial charge in [0.25, 0.3) is 5.91 Å². The summed E-state index contributed by atoms with van der Waals surface area (Å²) in [5.74, 6) is -0.474. The molecule has 0 aliphatic rings. The summed E-state index contributed by atoms with van der Waals surface area (Å²) in [7, 11) is 0. The van der Waals surface area contributed by atoms with Crippen LogP contribution < -0.4 is 11.1 Å². The zero-order valence-corrected chi connectivity index (χ0v) is 18.7. The van der Waals surface area contributed by atoms with Crippen molar-refractivity contribution in [2.24, 2.45) is 0 Å². The highest BCUT2D eigenvalue weighted by Crippen LogP contribution is 2.36. The Kier molecular flexibility index (Phi) is 5.40. The summed E-state index contributed by atoms with van der Waals surface area (Å²) in [6.45, 7) is 6.04. The van der Waals surface area contributed by atoms with Gasteiger partial charge in [-0.05, 0) is 45.0 Å². The van der Waals surface area contributed by atoms with Crippen LogP contribution >= 0.6 is 22.9 Å². The average Bonchev–Trinajstić information content (AvgIpc) is 3.32. The van der Waals surface area contributed by atoms with Gasteiger partial charge in [0.05, 0.1) is 20.7 Å². The fourth-order valence-corrected chi connectivity index (χ4v) is 4.30. The Bertz CT molecular complexity index is 1270. The SMILES string of the molecule is CC(C)(C)n1nc(-c2ccc(C(=O)NCc3c(F)cccc3Cl)s2)c2c(N)ncnc21. The molecule has 7 nitrogen and oxygen atoms in total. The van der Waals surface area contributed by atoms with Crippen LogP contribution in [0.25, 0.3) is 21.6 Å². The number of thiophene rings is 1. The van der Waals surface area contributed by atoms with Gasteiger partial charge in [0, 0.05) is 17.1 Å². The fourth-order valence-electron chi connectivity index (χ4n) is 3.16. The molecule has 0 aliphatic heterocycles. The molecule has 10 heteroatoms.